The van der Waals surface area contributed by atoms with E-state index in [1.54, 1.807) is 31.0 Å². The number of nitrogens with zero attached hydrogens (tertiary/aromatic N) is 2. The molecule has 142 valence electrons. The number of likely N-dealkylation sites (tertiary alicyclic amines) is 1. The summed E-state index contributed by atoms with van der Waals surface area (Å²) in [6.45, 7) is 4.84. The van der Waals surface area contributed by atoms with Gasteiger partial charge in [-0.1, -0.05) is 0 Å². The van der Waals surface area contributed by atoms with Crippen LogP contribution in [0.3, 0.4) is 0 Å². The first kappa shape index (κ1) is 19.8. The summed E-state index contributed by atoms with van der Waals surface area (Å²) in [5.41, 5.74) is 0. The first-order chi connectivity index (χ1) is 12.4. The molecule has 2 heterocycles. The van der Waals surface area contributed by atoms with E-state index in [0.29, 0.717) is 25.5 Å². The van der Waals surface area contributed by atoms with E-state index in [1.807, 2.05) is 13.0 Å². The van der Waals surface area contributed by atoms with Gasteiger partial charge < -0.3 is 19.0 Å². The predicted molar refractivity (Wildman–Crippen MR) is 96.1 cm³/mol. The first-order valence-corrected chi connectivity index (χ1v) is 8.84. The monoisotopic (exact) mass is 362 g/mol. The summed E-state index contributed by atoms with van der Waals surface area (Å²) in [6, 6.07) is 3.58. The normalized spacial score (nSPS) is 17.3. The van der Waals surface area contributed by atoms with E-state index in [4.69, 9.17) is 9.15 Å². The molecular weight excluding hydrogens is 336 g/mol. The third-order valence-electron chi connectivity index (χ3n) is 4.29. The number of ether oxygens (including phenoxy) is 1. The molecular formula is C19H26N2O5. The summed E-state index contributed by atoms with van der Waals surface area (Å²) in [5, 5.41) is 0. The van der Waals surface area contributed by atoms with Crippen LogP contribution in [-0.4, -0.2) is 60.9 Å². The number of furan rings is 1. The Morgan fingerprint density at radius 3 is 2.81 bits per heavy atom. The number of carbonyl (C=O) groups excluding carboxylic acids is 3. The van der Waals surface area contributed by atoms with Gasteiger partial charge in [0.15, 0.2) is 0 Å². The Morgan fingerprint density at radius 1 is 1.38 bits per heavy atom. The second-order valence-corrected chi connectivity index (χ2v) is 6.41. The molecule has 1 aromatic rings. The fraction of sp³-hybridized carbons (Fsp3) is 0.526. The molecule has 1 saturated heterocycles. The molecule has 0 saturated carbocycles. The molecule has 0 unspecified atom stereocenters. The fourth-order valence-electron chi connectivity index (χ4n) is 2.86. The zero-order valence-electron chi connectivity index (χ0n) is 15.6. The van der Waals surface area contributed by atoms with Gasteiger partial charge in [-0.15, -0.1) is 0 Å². The van der Waals surface area contributed by atoms with E-state index in [9.17, 15) is 14.4 Å². The second-order valence-electron chi connectivity index (χ2n) is 6.41. The molecule has 1 aliphatic rings. The number of rotatable bonds is 6. The van der Waals surface area contributed by atoms with Gasteiger partial charge in [-0.25, -0.2) is 0 Å². The van der Waals surface area contributed by atoms with Crippen molar-refractivity contribution < 1.29 is 23.5 Å². The standard InChI is InChI=1S/C19H26N2O5/c1-4-25-19(24)15-6-5-11-21(12-15)18(23)13-20(3)17(22)10-9-16-8-7-14(2)26-16/h7-10,15H,4-6,11-13H2,1-3H3/b10-9-/t15-/m0/s1. The van der Waals surface area contributed by atoms with Crippen LogP contribution in [0.2, 0.25) is 0 Å². The van der Waals surface area contributed by atoms with Crippen molar-refractivity contribution in [2.75, 3.05) is 33.3 Å². The molecule has 1 aromatic heterocycles. The van der Waals surface area contributed by atoms with Crippen molar-refractivity contribution in [2.45, 2.75) is 26.7 Å². The van der Waals surface area contributed by atoms with Gasteiger partial charge in [0.25, 0.3) is 0 Å². The predicted octanol–water partition coefficient (Wildman–Crippen LogP) is 1.86. The van der Waals surface area contributed by atoms with Crippen LogP contribution in [0.25, 0.3) is 6.08 Å². The van der Waals surface area contributed by atoms with Crippen LogP contribution in [0.4, 0.5) is 0 Å². The smallest absolute Gasteiger partial charge is 0.310 e. The lowest BCUT2D eigenvalue weighted by Crippen LogP contribution is -2.47. The Labute approximate surface area is 153 Å². The Hall–Kier alpha value is -2.57. The molecule has 1 fully saturated rings. The van der Waals surface area contributed by atoms with E-state index < -0.39 is 0 Å². The van der Waals surface area contributed by atoms with E-state index in [0.717, 1.165) is 18.6 Å². The molecule has 1 aliphatic heterocycles. The van der Waals surface area contributed by atoms with Crippen molar-refractivity contribution in [2.24, 2.45) is 5.92 Å². The van der Waals surface area contributed by atoms with Crippen LogP contribution >= 0.6 is 0 Å². The van der Waals surface area contributed by atoms with Crippen LogP contribution in [0.5, 0.6) is 0 Å². The van der Waals surface area contributed by atoms with E-state index in [2.05, 4.69) is 0 Å². The molecule has 0 radical (unpaired) electrons. The quantitative estimate of drug-likeness (QED) is 0.570. The van der Waals surface area contributed by atoms with Crippen LogP contribution in [0.15, 0.2) is 22.6 Å². The zero-order valence-corrected chi connectivity index (χ0v) is 15.6. The molecule has 7 nitrogen and oxygen atoms in total. The summed E-state index contributed by atoms with van der Waals surface area (Å²) in [7, 11) is 1.57. The maximum atomic E-state index is 12.5. The van der Waals surface area contributed by atoms with Gasteiger partial charge in [-0.05, 0) is 44.9 Å². The fourth-order valence-corrected chi connectivity index (χ4v) is 2.86. The molecule has 0 aromatic carbocycles. The molecule has 0 bridgehead atoms. The van der Waals surface area contributed by atoms with Crippen molar-refractivity contribution in [3.05, 3.63) is 29.7 Å². The maximum Gasteiger partial charge on any atom is 0.310 e. The lowest BCUT2D eigenvalue weighted by molar-refractivity contribution is -0.151. The number of hydrogen-bond acceptors (Lipinski definition) is 5. The van der Waals surface area contributed by atoms with E-state index >= 15 is 0 Å². The van der Waals surface area contributed by atoms with Gasteiger partial charge in [0, 0.05) is 26.2 Å². The zero-order chi connectivity index (χ0) is 19.1. The number of carbonyl (C=O) groups is 3. The minimum absolute atomic E-state index is 0.0318. The highest BCUT2D eigenvalue weighted by Crippen LogP contribution is 2.18. The van der Waals surface area contributed by atoms with Crippen LogP contribution in [-0.2, 0) is 19.1 Å². The minimum atomic E-state index is -0.286. The van der Waals surface area contributed by atoms with Crippen molar-refractivity contribution in [3.8, 4) is 0 Å². The lowest BCUT2D eigenvalue weighted by Gasteiger charge is -2.32. The molecule has 26 heavy (non-hydrogen) atoms. The maximum absolute atomic E-state index is 12.5. The Balaban J connectivity index is 1.86. The summed E-state index contributed by atoms with van der Waals surface area (Å²) in [4.78, 5) is 39.5. The minimum Gasteiger partial charge on any atom is -0.466 e. The second kappa shape index (κ2) is 9.22. The van der Waals surface area contributed by atoms with Gasteiger partial charge in [-0.3, -0.25) is 14.4 Å². The molecule has 2 amide bonds. The highest BCUT2D eigenvalue weighted by molar-refractivity contribution is 5.94. The Morgan fingerprint density at radius 2 is 2.15 bits per heavy atom. The SMILES string of the molecule is CCOC(=O)[C@H]1CCCN(C(=O)CN(C)C(=O)/C=C\c2ccc(C)o2)C1. The largest absolute Gasteiger partial charge is 0.466 e. The van der Waals surface area contributed by atoms with Gasteiger partial charge in [0.1, 0.15) is 11.5 Å². The van der Waals surface area contributed by atoms with Crippen molar-refractivity contribution in [3.63, 3.8) is 0 Å². The number of likely N-dealkylation sites (N-methyl/N-ethyl adjacent to an activating group) is 1. The lowest BCUT2D eigenvalue weighted by atomic mass is 9.98. The van der Waals surface area contributed by atoms with Crippen molar-refractivity contribution in [1.82, 2.24) is 9.80 Å². The average molecular weight is 362 g/mol. The Bertz CT molecular complexity index is 679. The number of esters is 1. The molecule has 7 heteroatoms. The van der Waals surface area contributed by atoms with Crippen LogP contribution in [0, 0.1) is 12.8 Å². The third kappa shape index (κ3) is 5.47. The molecule has 0 spiro atoms. The first-order valence-electron chi connectivity index (χ1n) is 8.84. The van der Waals surface area contributed by atoms with Crippen LogP contribution < -0.4 is 0 Å². The van der Waals surface area contributed by atoms with Crippen LogP contribution in [0.1, 0.15) is 31.3 Å². The number of amides is 2. The topological polar surface area (TPSA) is 80.1 Å². The number of piperidine rings is 1. The molecule has 2 rings (SSSR count). The van der Waals surface area contributed by atoms with Gasteiger partial charge in [0.2, 0.25) is 11.8 Å². The summed E-state index contributed by atoms with van der Waals surface area (Å²) in [6.07, 6.45) is 4.43. The average Bonchev–Trinajstić information content (AvgIpc) is 3.05. The van der Waals surface area contributed by atoms with Gasteiger partial charge in [0.05, 0.1) is 19.1 Å². The number of aryl methyl sites for hydroxylation is 1. The third-order valence-corrected chi connectivity index (χ3v) is 4.29. The molecule has 1 atom stereocenters. The summed E-state index contributed by atoms with van der Waals surface area (Å²) >= 11 is 0. The van der Waals surface area contributed by atoms with Gasteiger partial charge >= 0.3 is 5.97 Å². The molecule has 0 N–H and O–H groups in total. The summed E-state index contributed by atoms with van der Waals surface area (Å²) in [5.74, 6) is 0.357. The van der Waals surface area contributed by atoms with E-state index in [-0.39, 0.29) is 30.2 Å². The number of hydrogen-bond donors (Lipinski definition) is 0. The Kier molecular flexibility index (Phi) is 7.00. The van der Waals surface area contributed by atoms with Crippen molar-refractivity contribution in [1.29, 1.82) is 0 Å². The summed E-state index contributed by atoms with van der Waals surface area (Å²) < 4.78 is 10.4. The highest BCUT2D eigenvalue weighted by atomic mass is 16.5. The van der Waals surface area contributed by atoms with E-state index in [1.165, 1.54) is 11.0 Å². The molecule has 0 aliphatic carbocycles. The highest BCUT2D eigenvalue weighted by Gasteiger charge is 2.29. The van der Waals surface area contributed by atoms with Gasteiger partial charge in [-0.2, -0.15) is 0 Å². The van der Waals surface area contributed by atoms with Crippen molar-refractivity contribution >= 4 is 23.9 Å².